The first-order chi connectivity index (χ1) is 9.45. The van der Waals surface area contributed by atoms with Gasteiger partial charge >= 0.3 is 6.03 Å². The smallest absolute Gasteiger partial charge is 0.325 e. The van der Waals surface area contributed by atoms with E-state index in [9.17, 15) is 14.4 Å². The minimum Gasteiger partial charge on any atom is -0.347 e. The van der Waals surface area contributed by atoms with Crippen LogP contribution >= 0.6 is 0 Å². The maximum Gasteiger partial charge on any atom is 0.325 e. The molecular weight excluding hydrogens is 262 g/mol. The molecule has 8 nitrogen and oxygen atoms in total. The molecule has 106 valence electrons. The molecule has 2 heterocycles. The topological polar surface area (TPSA) is 104 Å². The lowest BCUT2D eigenvalue weighted by Gasteiger charge is -2.12. The number of rotatable bonds is 4. The average Bonchev–Trinajstić information content (AvgIpc) is 2.67. The van der Waals surface area contributed by atoms with Gasteiger partial charge in [-0.25, -0.2) is 14.8 Å². The summed E-state index contributed by atoms with van der Waals surface area (Å²) in [5.41, 5.74) is 1.63. The third-order valence-corrected chi connectivity index (χ3v) is 2.71. The van der Waals surface area contributed by atoms with Gasteiger partial charge in [-0.15, -0.1) is 0 Å². The van der Waals surface area contributed by atoms with Crippen LogP contribution in [0, 0.1) is 13.8 Å². The average molecular weight is 277 g/mol. The summed E-state index contributed by atoms with van der Waals surface area (Å²) < 4.78 is 0. The molecule has 1 fully saturated rings. The van der Waals surface area contributed by atoms with Crippen molar-refractivity contribution in [1.29, 1.82) is 0 Å². The van der Waals surface area contributed by atoms with Crippen molar-refractivity contribution in [2.75, 3.05) is 13.1 Å². The lowest BCUT2D eigenvalue weighted by molar-refractivity contribution is -0.130. The summed E-state index contributed by atoms with van der Waals surface area (Å²) in [7, 11) is 0. The van der Waals surface area contributed by atoms with Gasteiger partial charge in [-0.3, -0.25) is 14.5 Å². The first-order valence-electron chi connectivity index (χ1n) is 6.12. The van der Waals surface area contributed by atoms with E-state index >= 15 is 0 Å². The van der Waals surface area contributed by atoms with Gasteiger partial charge in [0.2, 0.25) is 5.91 Å². The van der Waals surface area contributed by atoms with Crippen molar-refractivity contribution in [2.24, 2.45) is 0 Å². The van der Waals surface area contributed by atoms with Crippen LogP contribution in [0.3, 0.4) is 0 Å². The Kier molecular flexibility index (Phi) is 3.92. The Balaban J connectivity index is 1.89. The molecule has 0 bridgehead atoms. The van der Waals surface area contributed by atoms with E-state index in [0.29, 0.717) is 5.82 Å². The molecule has 1 aromatic heterocycles. The molecule has 1 aliphatic rings. The Bertz CT molecular complexity index is 536. The summed E-state index contributed by atoms with van der Waals surface area (Å²) in [6, 6.07) is 1.28. The Morgan fingerprint density at radius 1 is 1.35 bits per heavy atom. The van der Waals surface area contributed by atoms with Crippen molar-refractivity contribution in [1.82, 2.24) is 25.5 Å². The summed E-state index contributed by atoms with van der Waals surface area (Å²) in [5, 5.41) is 4.93. The van der Waals surface area contributed by atoms with Crippen molar-refractivity contribution in [3.8, 4) is 0 Å². The van der Waals surface area contributed by atoms with Gasteiger partial charge in [0.15, 0.2) is 0 Å². The quantitative estimate of drug-likeness (QED) is 0.705. The number of carbonyl (C=O) groups excluding carboxylic acids is 3. The predicted octanol–water partition coefficient (Wildman–Crippen LogP) is -0.739. The Morgan fingerprint density at radius 3 is 2.55 bits per heavy atom. The number of amides is 4. The number of hydrogen-bond acceptors (Lipinski definition) is 5. The monoisotopic (exact) mass is 277 g/mol. The maximum absolute atomic E-state index is 11.7. The highest BCUT2D eigenvalue weighted by Crippen LogP contribution is 2.00. The molecule has 0 aromatic carbocycles. The van der Waals surface area contributed by atoms with E-state index in [1.807, 2.05) is 19.9 Å². The van der Waals surface area contributed by atoms with Crippen LogP contribution < -0.4 is 10.6 Å². The highest BCUT2D eigenvalue weighted by Gasteiger charge is 2.29. The summed E-state index contributed by atoms with van der Waals surface area (Å²) >= 11 is 0. The van der Waals surface area contributed by atoms with Gasteiger partial charge in [0.05, 0.1) is 13.1 Å². The van der Waals surface area contributed by atoms with Crippen molar-refractivity contribution in [3.05, 3.63) is 23.3 Å². The van der Waals surface area contributed by atoms with Crippen LogP contribution in [-0.2, 0) is 16.1 Å². The molecule has 20 heavy (non-hydrogen) atoms. The van der Waals surface area contributed by atoms with Gasteiger partial charge in [-0.2, -0.15) is 0 Å². The predicted molar refractivity (Wildman–Crippen MR) is 68.5 cm³/mol. The first-order valence-corrected chi connectivity index (χ1v) is 6.12. The van der Waals surface area contributed by atoms with Crippen molar-refractivity contribution >= 4 is 17.8 Å². The van der Waals surface area contributed by atoms with Gasteiger partial charge in [0, 0.05) is 11.4 Å². The van der Waals surface area contributed by atoms with Gasteiger partial charge in [0.1, 0.15) is 12.4 Å². The number of aromatic nitrogens is 2. The summed E-state index contributed by atoms with van der Waals surface area (Å²) in [5.74, 6) is -0.348. The van der Waals surface area contributed by atoms with E-state index < -0.39 is 17.8 Å². The Morgan fingerprint density at radius 2 is 2.00 bits per heavy atom. The van der Waals surface area contributed by atoms with Gasteiger partial charge < -0.3 is 10.6 Å². The highest BCUT2D eigenvalue weighted by molar-refractivity contribution is 6.04. The Hall–Kier alpha value is -2.51. The number of urea groups is 1. The molecule has 0 saturated carbocycles. The number of nitrogens with zero attached hydrogens (tertiary/aromatic N) is 3. The molecule has 0 spiro atoms. The molecule has 0 unspecified atom stereocenters. The molecule has 2 rings (SSSR count). The fourth-order valence-electron chi connectivity index (χ4n) is 1.87. The zero-order valence-electron chi connectivity index (χ0n) is 11.3. The minimum absolute atomic E-state index is 0.0632. The molecule has 8 heteroatoms. The molecule has 1 aliphatic heterocycles. The molecular formula is C12H15N5O3. The van der Waals surface area contributed by atoms with E-state index in [1.54, 1.807) is 0 Å². The van der Waals surface area contributed by atoms with Gasteiger partial charge in [0.25, 0.3) is 5.91 Å². The maximum atomic E-state index is 11.7. The van der Waals surface area contributed by atoms with E-state index in [1.165, 1.54) is 0 Å². The second-order valence-electron chi connectivity index (χ2n) is 4.48. The van der Waals surface area contributed by atoms with Crippen LogP contribution in [0.15, 0.2) is 6.07 Å². The lowest BCUT2D eigenvalue weighted by Crippen LogP contribution is -2.40. The minimum atomic E-state index is -0.548. The third-order valence-electron chi connectivity index (χ3n) is 2.71. The molecule has 1 saturated heterocycles. The lowest BCUT2D eigenvalue weighted by atomic mass is 10.3. The second kappa shape index (κ2) is 5.64. The molecule has 0 aliphatic carbocycles. The van der Waals surface area contributed by atoms with Crippen LogP contribution in [0.25, 0.3) is 0 Å². The number of carbonyl (C=O) groups is 3. The number of hydrogen-bond donors (Lipinski definition) is 2. The number of aryl methyl sites for hydroxylation is 2. The standard InChI is InChI=1S/C12H15N5O3/c1-7-3-8(2)16-9(15-7)4-13-10(18)6-17-11(19)5-14-12(17)20/h3H,4-6H2,1-2H3,(H,13,18)(H,14,20). The summed E-state index contributed by atoms with van der Waals surface area (Å²) in [6.45, 7) is 3.48. The third kappa shape index (κ3) is 3.28. The van der Waals surface area contributed by atoms with Crippen molar-refractivity contribution < 1.29 is 14.4 Å². The molecule has 0 radical (unpaired) electrons. The van der Waals surface area contributed by atoms with Crippen LogP contribution in [-0.4, -0.2) is 45.8 Å². The van der Waals surface area contributed by atoms with Crippen LogP contribution in [0.4, 0.5) is 4.79 Å². The SMILES string of the molecule is Cc1cc(C)nc(CNC(=O)CN2C(=O)CNC2=O)n1. The number of imide groups is 1. The van der Waals surface area contributed by atoms with E-state index in [4.69, 9.17) is 0 Å². The van der Waals surface area contributed by atoms with Crippen LogP contribution in [0.2, 0.25) is 0 Å². The summed E-state index contributed by atoms with van der Waals surface area (Å²) in [4.78, 5) is 43.5. The fourth-order valence-corrected chi connectivity index (χ4v) is 1.87. The Labute approximate surface area is 115 Å². The largest absolute Gasteiger partial charge is 0.347 e. The number of nitrogens with one attached hydrogen (secondary N) is 2. The molecule has 0 atom stereocenters. The van der Waals surface area contributed by atoms with Crippen molar-refractivity contribution in [2.45, 2.75) is 20.4 Å². The summed E-state index contributed by atoms with van der Waals surface area (Å²) in [6.07, 6.45) is 0. The van der Waals surface area contributed by atoms with E-state index in [0.717, 1.165) is 16.3 Å². The van der Waals surface area contributed by atoms with Gasteiger partial charge in [-0.05, 0) is 19.9 Å². The van der Waals surface area contributed by atoms with E-state index in [2.05, 4.69) is 20.6 Å². The zero-order chi connectivity index (χ0) is 14.7. The normalized spacial score (nSPS) is 14.4. The fraction of sp³-hybridized carbons (Fsp3) is 0.417. The van der Waals surface area contributed by atoms with Crippen LogP contribution in [0.1, 0.15) is 17.2 Å². The van der Waals surface area contributed by atoms with Gasteiger partial charge in [-0.1, -0.05) is 0 Å². The second-order valence-corrected chi connectivity index (χ2v) is 4.48. The first kappa shape index (κ1) is 13.9. The molecule has 4 amide bonds. The van der Waals surface area contributed by atoms with Crippen LogP contribution in [0.5, 0.6) is 0 Å². The van der Waals surface area contributed by atoms with Crippen molar-refractivity contribution in [3.63, 3.8) is 0 Å². The van der Waals surface area contributed by atoms with E-state index in [-0.39, 0.29) is 19.6 Å². The zero-order valence-corrected chi connectivity index (χ0v) is 11.3. The highest BCUT2D eigenvalue weighted by atomic mass is 16.2. The molecule has 1 aromatic rings. The molecule has 2 N–H and O–H groups in total.